The van der Waals surface area contributed by atoms with Crippen molar-refractivity contribution in [1.82, 2.24) is 10.5 Å². The quantitative estimate of drug-likeness (QED) is 0.372. The Morgan fingerprint density at radius 3 is 2.59 bits per heavy atom. The summed E-state index contributed by atoms with van der Waals surface area (Å²) in [6.07, 6.45) is 2.05. The molecule has 3 unspecified atom stereocenters. The summed E-state index contributed by atoms with van der Waals surface area (Å²) >= 11 is 0. The second kappa shape index (κ2) is 4.90. The van der Waals surface area contributed by atoms with Crippen LogP contribution in [0.1, 0.15) is 35.2 Å². The normalized spacial score (nSPS) is 38.6. The van der Waals surface area contributed by atoms with E-state index in [0.29, 0.717) is 0 Å². The molecule has 27 heavy (non-hydrogen) atoms. The Bertz CT molecular complexity index is 884. The number of alkyl halides is 3. The molecule has 1 saturated carbocycles. The lowest BCUT2D eigenvalue weighted by molar-refractivity contribution is -0.935. The van der Waals surface area contributed by atoms with Gasteiger partial charge in [-0.05, 0) is 37.1 Å². The van der Waals surface area contributed by atoms with Crippen LogP contribution in [0.25, 0.3) is 0 Å². The Morgan fingerprint density at radius 2 is 1.93 bits per heavy atom. The number of rotatable bonds is 2. The third kappa shape index (κ3) is 1.83. The van der Waals surface area contributed by atoms with E-state index in [4.69, 9.17) is 0 Å². The van der Waals surface area contributed by atoms with E-state index in [-0.39, 0.29) is 17.4 Å². The summed E-state index contributed by atoms with van der Waals surface area (Å²) in [6.45, 7) is 0. The molecule has 0 radical (unpaired) electrons. The zero-order chi connectivity index (χ0) is 19.2. The van der Waals surface area contributed by atoms with Crippen LogP contribution in [0.5, 0.6) is 0 Å². The molecule has 2 saturated heterocycles. The van der Waals surface area contributed by atoms with Crippen LogP contribution in [0.15, 0.2) is 36.4 Å². The number of fused-ring (bicyclic) bond motifs is 2. The maximum Gasteiger partial charge on any atom is 0.416 e. The number of hydrazine groups is 1. The van der Waals surface area contributed by atoms with Crippen molar-refractivity contribution >= 4 is 11.8 Å². The Balaban J connectivity index is 1.36. The number of benzene rings is 1. The molecule has 142 valence electrons. The summed E-state index contributed by atoms with van der Waals surface area (Å²) in [5, 5.41) is 14.1. The van der Waals surface area contributed by atoms with Gasteiger partial charge in [-0.1, -0.05) is 23.7 Å². The van der Waals surface area contributed by atoms with Crippen LogP contribution in [0.3, 0.4) is 0 Å². The van der Waals surface area contributed by atoms with Gasteiger partial charge in [-0.3, -0.25) is 9.59 Å². The molecule has 1 N–H and O–H groups in total. The highest BCUT2D eigenvalue weighted by Crippen LogP contribution is 2.71. The molecule has 3 fully saturated rings. The number of quaternary nitrogens is 1. The fraction of sp³-hybridized carbons (Fsp3) is 0.444. The smallest absolute Gasteiger partial charge is 0.416 e. The summed E-state index contributed by atoms with van der Waals surface area (Å²) in [5.74, 6) is -1.28. The first-order valence-electron chi connectivity index (χ1n) is 8.84. The highest BCUT2D eigenvalue weighted by atomic mass is 19.4. The van der Waals surface area contributed by atoms with E-state index in [2.05, 4.69) is 5.43 Å². The van der Waals surface area contributed by atoms with Crippen LogP contribution >= 0.6 is 0 Å². The number of halogens is 3. The molecule has 1 spiro atoms. The summed E-state index contributed by atoms with van der Waals surface area (Å²) in [7, 11) is 0. The Morgan fingerprint density at radius 1 is 1.22 bits per heavy atom. The Hall–Kier alpha value is -2.39. The molecular weight excluding hydrogens is 363 g/mol. The number of hydrogen-bond acceptors (Lipinski definition) is 3. The Kier molecular flexibility index (Phi) is 3.04. The van der Waals surface area contributed by atoms with Gasteiger partial charge in [0.1, 0.15) is 0 Å². The van der Waals surface area contributed by atoms with E-state index in [1.807, 2.05) is 12.2 Å². The van der Waals surface area contributed by atoms with Crippen LogP contribution in [0.4, 0.5) is 13.2 Å². The van der Waals surface area contributed by atoms with E-state index in [1.54, 1.807) is 0 Å². The average Bonchev–Trinajstić information content (AvgIpc) is 3.29. The number of hydroxylamine groups is 2. The fourth-order valence-corrected chi connectivity index (χ4v) is 5.21. The van der Waals surface area contributed by atoms with Crippen molar-refractivity contribution in [3.05, 3.63) is 52.8 Å². The number of carbonyl (C=O) groups is 2. The van der Waals surface area contributed by atoms with Gasteiger partial charge < -0.3 is 5.21 Å². The lowest BCUT2D eigenvalue weighted by Crippen LogP contribution is -2.73. The number of amides is 2. The molecule has 5 aliphatic rings. The second-order valence-corrected chi connectivity index (χ2v) is 7.61. The zero-order valence-corrected chi connectivity index (χ0v) is 14.1. The molecule has 0 aromatic heterocycles. The molecular formula is C18H16F3N3O3. The summed E-state index contributed by atoms with van der Waals surface area (Å²) in [4.78, 5) is 25.1. The third-order valence-corrected chi connectivity index (χ3v) is 6.42. The number of nitrogens with one attached hydrogen (secondary N) is 1. The van der Waals surface area contributed by atoms with Crippen molar-refractivity contribution in [2.75, 3.05) is 0 Å². The minimum Gasteiger partial charge on any atom is -0.603 e. The van der Waals surface area contributed by atoms with Crippen LogP contribution in [0, 0.1) is 17.0 Å². The average molecular weight is 379 g/mol. The van der Waals surface area contributed by atoms with E-state index in [1.165, 1.54) is 0 Å². The predicted octanol–water partition coefficient (Wildman–Crippen LogP) is 2.53. The molecule has 2 bridgehead atoms. The monoisotopic (exact) mass is 379 g/mol. The SMILES string of the molecule is O=C(NN1C(=O)[C@]23C4C=CC(CCC4)[C@@H]2[N+]13[O-])c1ccc(C(F)(F)F)cc1. The van der Waals surface area contributed by atoms with Gasteiger partial charge in [0.2, 0.25) is 0 Å². The lowest BCUT2D eigenvalue weighted by Gasteiger charge is -2.47. The summed E-state index contributed by atoms with van der Waals surface area (Å²) in [5.41, 5.74) is 0.375. The van der Waals surface area contributed by atoms with Gasteiger partial charge in [0.25, 0.3) is 11.4 Å². The number of hydrogen-bond donors (Lipinski definition) is 1. The van der Waals surface area contributed by atoms with Crippen LogP contribution in [-0.4, -0.2) is 33.3 Å². The van der Waals surface area contributed by atoms with Gasteiger partial charge >= 0.3 is 12.1 Å². The summed E-state index contributed by atoms with van der Waals surface area (Å²) in [6, 6.07) is 3.23. The molecule has 6 rings (SSSR count). The van der Waals surface area contributed by atoms with E-state index < -0.39 is 39.9 Å². The van der Waals surface area contributed by atoms with Crippen molar-refractivity contribution in [1.29, 1.82) is 0 Å². The molecule has 6 nitrogen and oxygen atoms in total. The zero-order valence-electron chi connectivity index (χ0n) is 14.1. The van der Waals surface area contributed by atoms with Crippen molar-refractivity contribution in [2.45, 2.75) is 37.0 Å². The first-order valence-corrected chi connectivity index (χ1v) is 8.84. The van der Waals surface area contributed by atoms with E-state index >= 15 is 0 Å². The molecule has 5 atom stereocenters. The van der Waals surface area contributed by atoms with E-state index in [9.17, 15) is 28.0 Å². The molecule has 2 aliphatic heterocycles. The highest BCUT2D eigenvalue weighted by molar-refractivity contribution is 5.99. The molecule has 1 aromatic carbocycles. The van der Waals surface area contributed by atoms with Gasteiger partial charge in [0, 0.05) is 11.5 Å². The molecule has 2 amide bonds. The molecule has 9 heteroatoms. The predicted molar refractivity (Wildman–Crippen MR) is 85.9 cm³/mol. The van der Waals surface area contributed by atoms with Gasteiger partial charge in [0.15, 0.2) is 6.04 Å². The van der Waals surface area contributed by atoms with Crippen molar-refractivity contribution in [2.24, 2.45) is 11.8 Å². The van der Waals surface area contributed by atoms with Crippen LogP contribution in [-0.2, 0) is 11.0 Å². The summed E-state index contributed by atoms with van der Waals surface area (Å²) < 4.78 is 37.0. The van der Waals surface area contributed by atoms with Crippen molar-refractivity contribution in [3.8, 4) is 0 Å². The maximum atomic E-state index is 13.3. The highest BCUT2D eigenvalue weighted by Gasteiger charge is 2.97. The van der Waals surface area contributed by atoms with Gasteiger partial charge in [-0.2, -0.15) is 13.2 Å². The minimum absolute atomic E-state index is 0.0122. The molecule has 2 heterocycles. The Labute approximate surface area is 152 Å². The van der Waals surface area contributed by atoms with Crippen molar-refractivity contribution in [3.63, 3.8) is 0 Å². The first-order chi connectivity index (χ1) is 12.7. The van der Waals surface area contributed by atoms with Crippen molar-refractivity contribution < 1.29 is 27.5 Å². The van der Waals surface area contributed by atoms with Gasteiger partial charge in [-0.15, -0.1) is 0 Å². The number of carbonyl (C=O) groups excluding carboxylic acids is 2. The number of nitrogens with zero attached hydrogens (tertiary/aromatic N) is 2. The third-order valence-electron chi connectivity index (χ3n) is 6.42. The maximum absolute atomic E-state index is 13.3. The minimum atomic E-state index is -4.50. The standard InChI is InChI=1S/C18H16F3N3O3/c19-18(20,21)13-8-5-11(6-9-13)15(25)22-23-16(26)17-12-3-1-2-10(4-7-12)14(17)24(17,23)27/h4-10,12,14H,1-3H2,(H,22,25)/t10?,12?,14-,17-,24?/m0/s1. The second-order valence-electron chi connectivity index (χ2n) is 7.61. The van der Waals surface area contributed by atoms with Gasteiger partial charge in [0.05, 0.1) is 11.5 Å². The molecule has 3 aliphatic carbocycles. The van der Waals surface area contributed by atoms with Gasteiger partial charge in [-0.25, -0.2) is 10.2 Å². The lowest BCUT2D eigenvalue weighted by atomic mass is 9.79. The molecule has 1 aromatic rings. The first kappa shape index (κ1) is 16.8. The van der Waals surface area contributed by atoms with Crippen LogP contribution in [0.2, 0.25) is 0 Å². The topological polar surface area (TPSA) is 72.5 Å². The fourth-order valence-electron chi connectivity index (χ4n) is 5.21. The van der Waals surface area contributed by atoms with Crippen LogP contribution < -0.4 is 5.43 Å². The largest absolute Gasteiger partial charge is 0.603 e. The van der Waals surface area contributed by atoms with E-state index in [0.717, 1.165) is 48.6 Å².